The largest absolute Gasteiger partial charge is 0.461 e. The molecular formula is C23H19N3O2. The van der Waals surface area contributed by atoms with Crippen LogP contribution in [0, 0.1) is 0 Å². The summed E-state index contributed by atoms with van der Waals surface area (Å²) in [4.78, 5) is 16.9. The molecule has 4 aromatic rings. The molecule has 138 valence electrons. The maximum atomic E-state index is 12.6. The first-order chi connectivity index (χ1) is 13.8. The SMILES string of the molecule is CCOC(=O)c1nccc(-c2ccccc2)c1-c1cnn(-c2ccccc2)c1. The number of aromatic nitrogens is 3. The van der Waals surface area contributed by atoms with Crippen LogP contribution in [0.5, 0.6) is 0 Å². The lowest BCUT2D eigenvalue weighted by molar-refractivity contribution is 0.0520. The van der Waals surface area contributed by atoms with Crippen LogP contribution in [0.3, 0.4) is 0 Å². The first kappa shape index (κ1) is 17.7. The van der Waals surface area contributed by atoms with Crippen molar-refractivity contribution in [3.05, 3.63) is 91.0 Å². The fraction of sp³-hybridized carbons (Fsp3) is 0.0870. The maximum absolute atomic E-state index is 12.6. The Morgan fingerprint density at radius 1 is 0.964 bits per heavy atom. The molecule has 5 nitrogen and oxygen atoms in total. The minimum atomic E-state index is -0.442. The van der Waals surface area contributed by atoms with Crippen LogP contribution in [-0.2, 0) is 4.74 Å². The fourth-order valence-electron chi connectivity index (χ4n) is 3.14. The van der Waals surface area contributed by atoms with Crippen LogP contribution >= 0.6 is 0 Å². The number of ether oxygens (including phenoxy) is 1. The molecule has 0 atom stereocenters. The highest BCUT2D eigenvalue weighted by atomic mass is 16.5. The Morgan fingerprint density at radius 3 is 2.39 bits per heavy atom. The lowest BCUT2D eigenvalue weighted by Crippen LogP contribution is -2.09. The lowest BCUT2D eigenvalue weighted by atomic mass is 9.95. The number of esters is 1. The van der Waals surface area contributed by atoms with E-state index >= 15 is 0 Å². The topological polar surface area (TPSA) is 57.0 Å². The Balaban J connectivity index is 1.89. The summed E-state index contributed by atoms with van der Waals surface area (Å²) in [6.45, 7) is 2.07. The van der Waals surface area contributed by atoms with Crippen LogP contribution in [0.4, 0.5) is 0 Å². The van der Waals surface area contributed by atoms with E-state index in [4.69, 9.17) is 4.74 Å². The predicted molar refractivity (Wildman–Crippen MR) is 108 cm³/mol. The molecule has 0 aliphatic heterocycles. The number of rotatable bonds is 5. The second-order valence-corrected chi connectivity index (χ2v) is 6.18. The minimum Gasteiger partial charge on any atom is -0.461 e. The first-order valence-corrected chi connectivity index (χ1v) is 9.10. The highest BCUT2D eigenvalue weighted by molar-refractivity contribution is 6.00. The van der Waals surface area contributed by atoms with Gasteiger partial charge in [-0.15, -0.1) is 0 Å². The number of nitrogens with zero attached hydrogens (tertiary/aromatic N) is 3. The van der Waals surface area contributed by atoms with Gasteiger partial charge in [0, 0.05) is 23.5 Å². The molecule has 5 heteroatoms. The van der Waals surface area contributed by atoms with Crippen molar-refractivity contribution in [3.63, 3.8) is 0 Å². The number of carbonyl (C=O) groups is 1. The molecule has 0 amide bonds. The Bertz CT molecular complexity index is 1090. The van der Waals surface area contributed by atoms with E-state index in [1.165, 1.54) is 0 Å². The van der Waals surface area contributed by atoms with Crippen LogP contribution in [0.1, 0.15) is 17.4 Å². The number of para-hydroxylation sites is 1. The third kappa shape index (κ3) is 3.42. The van der Waals surface area contributed by atoms with E-state index in [9.17, 15) is 4.79 Å². The molecule has 0 saturated carbocycles. The lowest BCUT2D eigenvalue weighted by Gasteiger charge is -2.12. The summed E-state index contributed by atoms with van der Waals surface area (Å²) < 4.78 is 7.03. The van der Waals surface area contributed by atoms with Gasteiger partial charge in [-0.25, -0.2) is 14.5 Å². The van der Waals surface area contributed by atoms with Crippen LogP contribution in [0.25, 0.3) is 27.9 Å². The van der Waals surface area contributed by atoms with Crippen LogP contribution in [0.2, 0.25) is 0 Å². The van der Waals surface area contributed by atoms with Gasteiger partial charge in [0.05, 0.1) is 18.5 Å². The van der Waals surface area contributed by atoms with Gasteiger partial charge in [-0.1, -0.05) is 48.5 Å². The number of hydrogen-bond acceptors (Lipinski definition) is 4. The zero-order chi connectivity index (χ0) is 19.3. The molecule has 0 N–H and O–H groups in total. The summed E-state index contributed by atoms with van der Waals surface area (Å²) in [5.41, 5.74) is 4.66. The Hall–Kier alpha value is -3.73. The van der Waals surface area contributed by atoms with Gasteiger partial charge in [0.15, 0.2) is 5.69 Å². The van der Waals surface area contributed by atoms with Crippen molar-refractivity contribution in [3.8, 4) is 27.9 Å². The van der Waals surface area contributed by atoms with E-state index in [0.29, 0.717) is 12.2 Å². The number of benzene rings is 2. The molecule has 0 radical (unpaired) electrons. The van der Waals surface area contributed by atoms with Crippen molar-refractivity contribution < 1.29 is 9.53 Å². The fourth-order valence-corrected chi connectivity index (χ4v) is 3.14. The van der Waals surface area contributed by atoms with Crippen LogP contribution in [-0.4, -0.2) is 27.3 Å². The molecule has 2 heterocycles. The summed E-state index contributed by atoms with van der Waals surface area (Å²) in [7, 11) is 0. The van der Waals surface area contributed by atoms with Crippen LogP contribution in [0.15, 0.2) is 85.3 Å². The van der Waals surface area contributed by atoms with Crippen molar-refractivity contribution in [2.24, 2.45) is 0 Å². The normalized spacial score (nSPS) is 10.6. The average Bonchev–Trinajstić information content (AvgIpc) is 3.24. The summed E-state index contributed by atoms with van der Waals surface area (Å²) in [6.07, 6.45) is 5.29. The van der Waals surface area contributed by atoms with Gasteiger partial charge in [0.25, 0.3) is 0 Å². The summed E-state index contributed by atoms with van der Waals surface area (Å²) >= 11 is 0. The highest BCUT2D eigenvalue weighted by Crippen LogP contribution is 2.34. The van der Waals surface area contributed by atoms with E-state index in [-0.39, 0.29) is 5.69 Å². The van der Waals surface area contributed by atoms with Crippen molar-refractivity contribution >= 4 is 5.97 Å². The molecule has 0 aliphatic carbocycles. The van der Waals surface area contributed by atoms with E-state index < -0.39 is 5.97 Å². The Labute approximate surface area is 163 Å². The molecule has 28 heavy (non-hydrogen) atoms. The molecule has 2 aromatic heterocycles. The molecule has 0 aliphatic rings. The van der Waals surface area contributed by atoms with Crippen molar-refractivity contribution in [2.45, 2.75) is 6.92 Å². The molecule has 0 spiro atoms. The Morgan fingerprint density at radius 2 is 1.68 bits per heavy atom. The minimum absolute atomic E-state index is 0.288. The molecule has 0 unspecified atom stereocenters. The standard InChI is InChI=1S/C23H19N3O2/c1-2-28-23(27)22-21(20(13-14-24-22)17-9-5-3-6-10-17)18-15-25-26(16-18)19-11-7-4-8-12-19/h3-16H,2H2,1H3. The Kier molecular flexibility index (Phi) is 4.97. The van der Waals surface area contributed by atoms with E-state index in [1.54, 1.807) is 24.0 Å². The van der Waals surface area contributed by atoms with Gasteiger partial charge in [-0.05, 0) is 36.2 Å². The third-order valence-electron chi connectivity index (χ3n) is 4.40. The second-order valence-electron chi connectivity index (χ2n) is 6.18. The number of carbonyl (C=O) groups excluding carboxylic acids is 1. The predicted octanol–water partition coefficient (Wildman–Crippen LogP) is 4.78. The third-order valence-corrected chi connectivity index (χ3v) is 4.40. The monoisotopic (exact) mass is 369 g/mol. The molecular weight excluding hydrogens is 350 g/mol. The van der Waals surface area contributed by atoms with Gasteiger partial charge < -0.3 is 4.74 Å². The van der Waals surface area contributed by atoms with Gasteiger partial charge in [0.1, 0.15) is 0 Å². The van der Waals surface area contributed by atoms with E-state index in [2.05, 4.69) is 10.1 Å². The smallest absolute Gasteiger partial charge is 0.357 e. The van der Waals surface area contributed by atoms with E-state index in [1.807, 2.05) is 72.9 Å². The zero-order valence-electron chi connectivity index (χ0n) is 15.4. The molecule has 0 bridgehead atoms. The molecule has 0 fully saturated rings. The van der Waals surface area contributed by atoms with Gasteiger partial charge in [-0.3, -0.25) is 0 Å². The van der Waals surface area contributed by atoms with Crippen LogP contribution < -0.4 is 0 Å². The van der Waals surface area contributed by atoms with Gasteiger partial charge >= 0.3 is 5.97 Å². The highest BCUT2D eigenvalue weighted by Gasteiger charge is 2.21. The molecule has 4 rings (SSSR count). The second kappa shape index (κ2) is 7.88. The average molecular weight is 369 g/mol. The summed E-state index contributed by atoms with van der Waals surface area (Å²) in [5.74, 6) is -0.442. The summed E-state index contributed by atoms with van der Waals surface area (Å²) in [6, 6.07) is 21.7. The number of pyridine rings is 1. The zero-order valence-corrected chi connectivity index (χ0v) is 15.4. The van der Waals surface area contributed by atoms with Crippen molar-refractivity contribution in [1.82, 2.24) is 14.8 Å². The maximum Gasteiger partial charge on any atom is 0.357 e. The summed E-state index contributed by atoms with van der Waals surface area (Å²) in [5, 5.41) is 4.48. The molecule has 0 saturated heterocycles. The quantitative estimate of drug-likeness (QED) is 0.475. The van der Waals surface area contributed by atoms with Gasteiger partial charge in [-0.2, -0.15) is 5.10 Å². The first-order valence-electron chi connectivity index (χ1n) is 9.10. The van der Waals surface area contributed by atoms with E-state index in [0.717, 1.165) is 22.4 Å². The number of hydrogen-bond donors (Lipinski definition) is 0. The van der Waals surface area contributed by atoms with Gasteiger partial charge in [0.2, 0.25) is 0 Å². The van der Waals surface area contributed by atoms with Crippen molar-refractivity contribution in [2.75, 3.05) is 6.61 Å². The molecule has 2 aromatic carbocycles. The van der Waals surface area contributed by atoms with Crippen molar-refractivity contribution in [1.29, 1.82) is 0 Å².